The molecule has 6 nitrogen and oxygen atoms in total. The van der Waals surface area contributed by atoms with Crippen LogP contribution < -0.4 is 20.1 Å². The van der Waals surface area contributed by atoms with Crippen LogP contribution in [0.3, 0.4) is 0 Å². The van der Waals surface area contributed by atoms with E-state index in [4.69, 9.17) is 14.5 Å². The Morgan fingerprint density at radius 1 is 1.14 bits per heavy atom. The van der Waals surface area contributed by atoms with Crippen LogP contribution in [-0.4, -0.2) is 30.6 Å². The van der Waals surface area contributed by atoms with Gasteiger partial charge in [-0.2, -0.15) is 0 Å². The maximum absolute atomic E-state index is 12.6. The number of nitrogens with zero attached hydrogens (tertiary/aromatic N) is 1. The molecule has 4 rings (SSSR count). The zero-order valence-corrected chi connectivity index (χ0v) is 21.2. The Morgan fingerprint density at radius 2 is 1.92 bits per heavy atom. The molecule has 1 aromatic heterocycles. The van der Waals surface area contributed by atoms with Crippen molar-refractivity contribution in [3.8, 4) is 34.7 Å². The van der Waals surface area contributed by atoms with Gasteiger partial charge in [-0.1, -0.05) is 49.6 Å². The summed E-state index contributed by atoms with van der Waals surface area (Å²) in [6.07, 6.45) is 2.33. The molecule has 1 aliphatic rings. The van der Waals surface area contributed by atoms with Crippen LogP contribution >= 0.6 is 0 Å². The average Bonchev–Trinajstić information content (AvgIpc) is 3.31. The minimum Gasteiger partial charge on any atom is -0.494 e. The third kappa shape index (κ3) is 6.17. The number of carbonyl (C=O) groups is 1. The lowest BCUT2D eigenvalue weighted by Gasteiger charge is -2.13. The van der Waals surface area contributed by atoms with E-state index in [-0.39, 0.29) is 11.9 Å². The van der Waals surface area contributed by atoms with Crippen LogP contribution in [0.5, 0.6) is 11.5 Å². The summed E-state index contributed by atoms with van der Waals surface area (Å²) in [5, 5.41) is 6.28. The van der Waals surface area contributed by atoms with Gasteiger partial charge >= 0.3 is 0 Å². The van der Waals surface area contributed by atoms with E-state index in [1.54, 1.807) is 12.1 Å². The highest BCUT2D eigenvalue weighted by Crippen LogP contribution is 2.40. The molecule has 1 amide bonds. The van der Waals surface area contributed by atoms with Gasteiger partial charge in [0.15, 0.2) is 5.75 Å². The number of pyridine rings is 1. The number of nitrogens with one attached hydrogen (secondary N) is 2. The first-order valence-corrected chi connectivity index (χ1v) is 12.6. The molecule has 36 heavy (non-hydrogen) atoms. The van der Waals surface area contributed by atoms with Crippen molar-refractivity contribution in [2.24, 2.45) is 0 Å². The average molecular weight is 484 g/mol. The Kier molecular flexibility index (Phi) is 8.46. The van der Waals surface area contributed by atoms with E-state index in [2.05, 4.69) is 66.8 Å². The summed E-state index contributed by atoms with van der Waals surface area (Å²) >= 11 is 0. The molecule has 2 N–H and O–H groups in total. The van der Waals surface area contributed by atoms with E-state index in [0.717, 1.165) is 46.9 Å². The van der Waals surface area contributed by atoms with Crippen LogP contribution in [-0.2, 0) is 6.42 Å². The van der Waals surface area contributed by atoms with Crippen molar-refractivity contribution in [3.63, 3.8) is 0 Å². The van der Waals surface area contributed by atoms with Gasteiger partial charge in [-0.3, -0.25) is 4.79 Å². The fourth-order valence-electron chi connectivity index (χ4n) is 3.99. The Hall–Kier alpha value is -3.98. The number of carbonyl (C=O) groups excluding carboxylic acids is 1. The number of amides is 1. The lowest BCUT2D eigenvalue weighted by molar-refractivity contribution is 0.0954. The third-order valence-corrected chi connectivity index (χ3v) is 5.92. The predicted octanol–water partition coefficient (Wildman–Crippen LogP) is 5.21. The van der Waals surface area contributed by atoms with Crippen molar-refractivity contribution in [1.29, 1.82) is 0 Å². The van der Waals surface area contributed by atoms with Crippen LogP contribution in [0.2, 0.25) is 0 Å². The number of fused-ring (bicyclic) bond motifs is 1. The van der Waals surface area contributed by atoms with Crippen molar-refractivity contribution in [3.05, 3.63) is 77.0 Å². The number of rotatable bonds is 9. The Labute approximate surface area is 213 Å². The van der Waals surface area contributed by atoms with E-state index in [1.807, 2.05) is 19.1 Å². The number of benzene rings is 2. The van der Waals surface area contributed by atoms with Gasteiger partial charge in [0.2, 0.25) is 0 Å². The van der Waals surface area contributed by atoms with Crippen LogP contribution in [0.15, 0.2) is 54.6 Å². The second-order valence-corrected chi connectivity index (χ2v) is 8.79. The summed E-state index contributed by atoms with van der Waals surface area (Å²) in [5.74, 6) is 4.52. The molecule has 0 saturated carbocycles. The minimum atomic E-state index is -0.116. The summed E-state index contributed by atoms with van der Waals surface area (Å²) in [7, 11) is 0. The van der Waals surface area contributed by atoms with E-state index in [9.17, 15) is 4.79 Å². The molecule has 0 fully saturated rings. The molecule has 1 unspecified atom stereocenters. The maximum Gasteiger partial charge on any atom is 0.251 e. The molecule has 0 bridgehead atoms. The third-order valence-electron chi connectivity index (χ3n) is 5.92. The fraction of sp³-hybridized carbons (Fsp3) is 0.333. The first-order chi connectivity index (χ1) is 17.6. The van der Waals surface area contributed by atoms with Crippen molar-refractivity contribution in [2.45, 2.75) is 46.1 Å². The first-order valence-electron chi connectivity index (χ1n) is 12.6. The fourth-order valence-corrected chi connectivity index (χ4v) is 3.99. The summed E-state index contributed by atoms with van der Waals surface area (Å²) < 4.78 is 11.7. The number of hydrogen-bond donors (Lipinski definition) is 2. The second kappa shape index (κ2) is 12.1. The van der Waals surface area contributed by atoms with E-state index in [1.165, 1.54) is 5.56 Å². The van der Waals surface area contributed by atoms with Crippen LogP contribution in [0, 0.1) is 18.9 Å². The molecule has 6 heteroatoms. The number of hydrogen-bond acceptors (Lipinski definition) is 5. The summed E-state index contributed by atoms with van der Waals surface area (Å²) in [6, 6.07) is 20.6. The van der Waals surface area contributed by atoms with Crippen LogP contribution in [0.1, 0.15) is 59.9 Å². The summed E-state index contributed by atoms with van der Waals surface area (Å²) in [6.45, 7) is 7.79. The molecule has 3 aromatic rings. The Morgan fingerprint density at radius 3 is 2.64 bits per heavy atom. The molecule has 0 radical (unpaired) electrons. The van der Waals surface area contributed by atoms with Gasteiger partial charge < -0.3 is 20.1 Å². The number of ether oxygens (including phenoxy) is 2. The standard InChI is InChI=1S/C30H33N3O3/c1-4-6-16-31-27-20-36-29-26(27)19-24(33-28(29)22-9-7-21(3)8-10-22)15-17-32-30(34)23-11-13-25(14-12-23)35-18-5-2/h7-14,19,27,31H,4-5,15,17-18,20H2,1-3H3,(H,32,34). The summed E-state index contributed by atoms with van der Waals surface area (Å²) in [5.41, 5.74) is 5.57. The molecule has 2 heterocycles. The molecular weight excluding hydrogens is 450 g/mol. The van der Waals surface area contributed by atoms with Gasteiger partial charge in [-0.25, -0.2) is 4.98 Å². The summed E-state index contributed by atoms with van der Waals surface area (Å²) in [4.78, 5) is 17.6. The van der Waals surface area contributed by atoms with Gasteiger partial charge in [-0.05, 0) is 43.7 Å². The normalized spacial score (nSPS) is 13.7. The smallest absolute Gasteiger partial charge is 0.251 e. The molecule has 186 valence electrons. The first kappa shape index (κ1) is 25.1. The highest BCUT2D eigenvalue weighted by atomic mass is 16.5. The van der Waals surface area contributed by atoms with Gasteiger partial charge in [0.25, 0.3) is 5.91 Å². The SMILES string of the molecule is CCC#CNC1COc2c1cc(CCNC(=O)c1ccc(OCCC)cc1)nc2-c1ccc(C)cc1. The monoisotopic (exact) mass is 483 g/mol. The van der Waals surface area contributed by atoms with E-state index >= 15 is 0 Å². The van der Waals surface area contributed by atoms with Crippen molar-refractivity contribution in [2.75, 3.05) is 19.8 Å². The molecule has 1 atom stereocenters. The Bertz CT molecular complexity index is 1240. The van der Waals surface area contributed by atoms with Gasteiger partial charge in [0, 0.05) is 47.8 Å². The molecule has 0 saturated heterocycles. The van der Waals surface area contributed by atoms with Crippen molar-refractivity contribution < 1.29 is 14.3 Å². The van der Waals surface area contributed by atoms with Crippen molar-refractivity contribution >= 4 is 5.91 Å². The van der Waals surface area contributed by atoms with Crippen LogP contribution in [0.25, 0.3) is 11.3 Å². The Balaban J connectivity index is 1.49. The predicted molar refractivity (Wildman–Crippen MR) is 142 cm³/mol. The topological polar surface area (TPSA) is 72.5 Å². The molecule has 2 aromatic carbocycles. The highest BCUT2D eigenvalue weighted by molar-refractivity contribution is 5.94. The molecule has 0 spiro atoms. The van der Waals surface area contributed by atoms with Crippen molar-refractivity contribution in [1.82, 2.24) is 15.6 Å². The molecule has 0 aliphatic carbocycles. The maximum atomic E-state index is 12.6. The highest BCUT2D eigenvalue weighted by Gasteiger charge is 2.28. The minimum absolute atomic E-state index is 0.0203. The zero-order valence-electron chi connectivity index (χ0n) is 21.2. The lowest BCUT2D eigenvalue weighted by Crippen LogP contribution is -2.26. The molecular formula is C30H33N3O3. The lowest BCUT2D eigenvalue weighted by atomic mass is 10.0. The number of aryl methyl sites for hydroxylation is 1. The van der Waals surface area contributed by atoms with E-state index in [0.29, 0.717) is 31.7 Å². The van der Waals surface area contributed by atoms with Crippen LogP contribution in [0.4, 0.5) is 0 Å². The largest absolute Gasteiger partial charge is 0.494 e. The van der Waals surface area contributed by atoms with Gasteiger partial charge in [0.1, 0.15) is 18.1 Å². The number of aromatic nitrogens is 1. The van der Waals surface area contributed by atoms with Gasteiger partial charge in [0.05, 0.1) is 12.6 Å². The van der Waals surface area contributed by atoms with Gasteiger partial charge in [-0.15, -0.1) is 0 Å². The zero-order chi connectivity index (χ0) is 25.3. The van der Waals surface area contributed by atoms with E-state index < -0.39 is 0 Å². The quantitative estimate of drug-likeness (QED) is 0.323. The second-order valence-electron chi connectivity index (χ2n) is 8.79. The molecule has 1 aliphatic heterocycles.